The van der Waals surface area contributed by atoms with Crippen molar-refractivity contribution in [2.75, 3.05) is 26.2 Å². The molecule has 0 saturated carbocycles. The monoisotopic (exact) mass is 377 g/mol. The zero-order valence-corrected chi connectivity index (χ0v) is 15.7. The second-order valence-corrected chi connectivity index (χ2v) is 7.11. The fourth-order valence-electron chi connectivity index (χ4n) is 3.08. The molecule has 3 rings (SSSR count). The minimum Gasteiger partial charge on any atom is -0.336 e. The summed E-state index contributed by atoms with van der Waals surface area (Å²) < 4.78 is 0. The summed E-state index contributed by atoms with van der Waals surface area (Å²) in [7, 11) is 0. The number of carbonyl (C=O) groups excluding carboxylic acids is 1. The fraction of sp³-hybridized carbons (Fsp3) is 0.368. The molecule has 0 unspecified atom stereocenters. The normalized spacial score (nSPS) is 15.9. The molecule has 0 radical (unpaired) electrons. The summed E-state index contributed by atoms with van der Waals surface area (Å²) in [6.45, 7) is 6.20. The van der Waals surface area contributed by atoms with Gasteiger partial charge in [-0.1, -0.05) is 47.5 Å². The van der Waals surface area contributed by atoms with Crippen molar-refractivity contribution in [3.63, 3.8) is 0 Å². The number of nitrogens with zero attached hydrogens (tertiary/aromatic N) is 3. The van der Waals surface area contributed by atoms with Crippen LogP contribution in [0.3, 0.4) is 0 Å². The van der Waals surface area contributed by atoms with Crippen molar-refractivity contribution in [1.82, 2.24) is 14.8 Å². The molecule has 2 heterocycles. The third kappa shape index (κ3) is 4.51. The van der Waals surface area contributed by atoms with Crippen molar-refractivity contribution in [2.45, 2.75) is 19.9 Å². The largest absolute Gasteiger partial charge is 0.336 e. The Kier molecular flexibility index (Phi) is 5.94. The van der Waals surface area contributed by atoms with Gasteiger partial charge in [0.25, 0.3) is 5.91 Å². The van der Waals surface area contributed by atoms with Gasteiger partial charge in [0.1, 0.15) is 10.8 Å². The van der Waals surface area contributed by atoms with Gasteiger partial charge in [-0.25, -0.2) is 4.98 Å². The van der Waals surface area contributed by atoms with Crippen LogP contribution in [0.4, 0.5) is 0 Å². The van der Waals surface area contributed by atoms with Gasteiger partial charge in [-0.05, 0) is 36.6 Å². The molecule has 1 aliphatic heterocycles. The van der Waals surface area contributed by atoms with Crippen molar-refractivity contribution in [3.8, 4) is 0 Å². The number of hydrogen-bond donors (Lipinski definition) is 0. The number of aryl methyl sites for hydroxylation is 1. The number of aromatic nitrogens is 1. The van der Waals surface area contributed by atoms with Gasteiger partial charge in [0.15, 0.2) is 0 Å². The van der Waals surface area contributed by atoms with Gasteiger partial charge in [-0.2, -0.15) is 0 Å². The van der Waals surface area contributed by atoms with Crippen LogP contribution < -0.4 is 0 Å². The first-order valence-corrected chi connectivity index (χ1v) is 9.18. The Labute approximate surface area is 158 Å². The Balaban J connectivity index is 1.66. The van der Waals surface area contributed by atoms with Crippen LogP contribution in [-0.2, 0) is 6.54 Å². The van der Waals surface area contributed by atoms with Gasteiger partial charge in [0.05, 0.1) is 5.02 Å². The standard InChI is InChI=1S/C19H21Cl2N3O/c1-14-5-2-3-6-15(14)13-23-9-4-10-24(12-11-23)19(25)18-16(20)7-8-17(21)22-18/h2-3,5-8H,4,9-13H2,1H3. The van der Waals surface area contributed by atoms with E-state index in [1.807, 2.05) is 4.90 Å². The Morgan fingerprint density at radius 2 is 1.88 bits per heavy atom. The van der Waals surface area contributed by atoms with Crippen LogP contribution in [0, 0.1) is 6.92 Å². The van der Waals surface area contributed by atoms with E-state index in [0.717, 1.165) is 26.1 Å². The molecule has 1 aromatic carbocycles. The van der Waals surface area contributed by atoms with Crippen LogP contribution in [0.15, 0.2) is 36.4 Å². The lowest BCUT2D eigenvalue weighted by molar-refractivity contribution is 0.0755. The lowest BCUT2D eigenvalue weighted by Gasteiger charge is -2.22. The Hall–Kier alpha value is -1.62. The summed E-state index contributed by atoms with van der Waals surface area (Å²) in [5, 5.41) is 0.624. The number of halogens is 2. The number of carbonyl (C=O) groups is 1. The van der Waals surface area contributed by atoms with Crippen LogP contribution in [0.1, 0.15) is 28.0 Å². The molecule has 4 nitrogen and oxygen atoms in total. The van der Waals surface area contributed by atoms with Crippen LogP contribution >= 0.6 is 23.2 Å². The maximum Gasteiger partial charge on any atom is 0.274 e. The zero-order valence-electron chi connectivity index (χ0n) is 14.2. The number of benzene rings is 1. The molecule has 2 aromatic rings. The summed E-state index contributed by atoms with van der Waals surface area (Å²) >= 11 is 12.0. The van der Waals surface area contributed by atoms with Gasteiger partial charge >= 0.3 is 0 Å². The molecule has 0 aliphatic carbocycles. The van der Waals surface area contributed by atoms with Crippen LogP contribution in [0.2, 0.25) is 10.2 Å². The van der Waals surface area contributed by atoms with Crippen LogP contribution in [0.5, 0.6) is 0 Å². The Morgan fingerprint density at radius 1 is 1.08 bits per heavy atom. The SMILES string of the molecule is Cc1ccccc1CN1CCCN(C(=O)c2nc(Cl)ccc2Cl)CC1. The van der Waals surface area contributed by atoms with Gasteiger partial charge < -0.3 is 4.90 Å². The summed E-state index contributed by atoms with van der Waals surface area (Å²) in [6.07, 6.45) is 0.926. The maximum absolute atomic E-state index is 12.7. The molecule has 1 fully saturated rings. The van der Waals surface area contributed by atoms with E-state index in [1.54, 1.807) is 12.1 Å². The third-order valence-corrected chi connectivity index (χ3v) is 5.06. The highest BCUT2D eigenvalue weighted by atomic mass is 35.5. The number of hydrogen-bond acceptors (Lipinski definition) is 3. The summed E-state index contributed by atoms with van der Waals surface area (Å²) in [5.74, 6) is -0.148. The van der Waals surface area contributed by atoms with Crippen molar-refractivity contribution in [3.05, 3.63) is 63.4 Å². The maximum atomic E-state index is 12.7. The first-order chi connectivity index (χ1) is 12.0. The second kappa shape index (κ2) is 8.17. The molecular weight excluding hydrogens is 357 g/mol. The van der Waals surface area contributed by atoms with Crippen LogP contribution in [-0.4, -0.2) is 46.9 Å². The molecule has 1 amide bonds. The molecule has 1 aliphatic rings. The average Bonchev–Trinajstić information content (AvgIpc) is 2.84. The average molecular weight is 378 g/mol. The zero-order chi connectivity index (χ0) is 17.8. The Morgan fingerprint density at radius 3 is 2.68 bits per heavy atom. The fourth-order valence-corrected chi connectivity index (χ4v) is 3.41. The topological polar surface area (TPSA) is 36.4 Å². The number of pyridine rings is 1. The Bertz CT molecular complexity index is 766. The number of rotatable bonds is 3. The van der Waals surface area contributed by atoms with Gasteiger partial charge in [0.2, 0.25) is 0 Å². The predicted molar refractivity (Wildman–Crippen MR) is 101 cm³/mol. The smallest absolute Gasteiger partial charge is 0.274 e. The molecule has 132 valence electrons. The van der Waals surface area contributed by atoms with Gasteiger partial charge in [-0.3, -0.25) is 9.69 Å². The van der Waals surface area contributed by atoms with E-state index in [9.17, 15) is 4.79 Å². The molecule has 1 aromatic heterocycles. The summed E-state index contributed by atoms with van der Waals surface area (Å²) in [5.41, 5.74) is 2.87. The van der Waals surface area contributed by atoms with E-state index in [0.29, 0.717) is 18.1 Å². The molecule has 0 atom stereocenters. The molecule has 0 bridgehead atoms. The minimum atomic E-state index is -0.148. The molecular formula is C19H21Cl2N3O. The van der Waals surface area contributed by atoms with E-state index in [1.165, 1.54) is 11.1 Å². The molecule has 6 heteroatoms. The highest BCUT2D eigenvalue weighted by molar-refractivity contribution is 6.34. The predicted octanol–water partition coefficient (Wildman–Crippen LogP) is 4.04. The summed E-state index contributed by atoms with van der Waals surface area (Å²) in [6, 6.07) is 11.6. The van der Waals surface area contributed by atoms with E-state index in [4.69, 9.17) is 23.2 Å². The molecule has 1 saturated heterocycles. The first kappa shape index (κ1) is 18.2. The molecule has 25 heavy (non-hydrogen) atoms. The quantitative estimate of drug-likeness (QED) is 0.757. The second-order valence-electron chi connectivity index (χ2n) is 6.31. The van der Waals surface area contributed by atoms with Gasteiger partial charge in [0, 0.05) is 32.7 Å². The van der Waals surface area contributed by atoms with E-state index in [2.05, 4.69) is 41.1 Å². The lowest BCUT2D eigenvalue weighted by Crippen LogP contribution is -2.35. The highest BCUT2D eigenvalue weighted by Crippen LogP contribution is 2.20. The van der Waals surface area contributed by atoms with E-state index >= 15 is 0 Å². The van der Waals surface area contributed by atoms with Gasteiger partial charge in [-0.15, -0.1) is 0 Å². The van der Waals surface area contributed by atoms with Crippen molar-refractivity contribution in [1.29, 1.82) is 0 Å². The minimum absolute atomic E-state index is 0.148. The summed E-state index contributed by atoms with van der Waals surface area (Å²) in [4.78, 5) is 21.1. The van der Waals surface area contributed by atoms with Crippen molar-refractivity contribution >= 4 is 29.1 Å². The van der Waals surface area contributed by atoms with Crippen LogP contribution in [0.25, 0.3) is 0 Å². The first-order valence-electron chi connectivity index (χ1n) is 8.43. The molecule has 0 spiro atoms. The number of amides is 1. The van der Waals surface area contributed by atoms with Crippen molar-refractivity contribution < 1.29 is 4.79 Å². The van der Waals surface area contributed by atoms with E-state index in [-0.39, 0.29) is 16.8 Å². The highest BCUT2D eigenvalue weighted by Gasteiger charge is 2.23. The molecule has 0 N–H and O–H groups in total. The lowest BCUT2D eigenvalue weighted by atomic mass is 10.1. The van der Waals surface area contributed by atoms with Crippen molar-refractivity contribution in [2.24, 2.45) is 0 Å². The third-order valence-electron chi connectivity index (χ3n) is 4.55. The van der Waals surface area contributed by atoms with E-state index < -0.39 is 0 Å².